The smallest absolute Gasteiger partial charge is 0.0704 e. The van der Waals surface area contributed by atoms with Crippen molar-refractivity contribution in [3.63, 3.8) is 0 Å². The quantitative estimate of drug-likeness (QED) is 0.517. The van der Waals surface area contributed by atoms with Crippen LogP contribution in [0, 0.1) is 0 Å². The van der Waals surface area contributed by atoms with Gasteiger partial charge in [-0.05, 0) is 17.0 Å². The highest BCUT2D eigenvalue weighted by atomic mass is 35.5. The van der Waals surface area contributed by atoms with Gasteiger partial charge >= 0.3 is 0 Å². The maximum Gasteiger partial charge on any atom is 0.0704 e. The Kier molecular flexibility index (Phi) is 4.02. The van der Waals surface area contributed by atoms with Gasteiger partial charge < -0.3 is 0 Å². The second kappa shape index (κ2) is 4.71. The summed E-state index contributed by atoms with van der Waals surface area (Å²) in [6.45, 7) is 11.3. The highest BCUT2D eigenvalue weighted by molar-refractivity contribution is 6.83. The van der Waals surface area contributed by atoms with Crippen molar-refractivity contribution in [2.24, 2.45) is 0 Å². The van der Waals surface area contributed by atoms with Crippen LogP contribution in [-0.4, -0.2) is 8.07 Å². The van der Waals surface area contributed by atoms with Gasteiger partial charge in [0.15, 0.2) is 0 Å². The van der Waals surface area contributed by atoms with Crippen molar-refractivity contribution in [3.05, 3.63) is 35.4 Å². The van der Waals surface area contributed by atoms with Crippen LogP contribution in [0.4, 0.5) is 0 Å². The van der Waals surface area contributed by atoms with Crippen LogP contribution in [0.1, 0.15) is 35.9 Å². The van der Waals surface area contributed by atoms with Crippen molar-refractivity contribution in [1.29, 1.82) is 0 Å². The predicted molar refractivity (Wildman–Crippen MR) is 72.5 cm³/mol. The van der Waals surface area contributed by atoms with Gasteiger partial charge in [-0.3, -0.25) is 0 Å². The average Bonchev–Trinajstić information content (AvgIpc) is 2.15. The molecule has 0 radical (unpaired) electrons. The molecule has 0 heterocycles. The number of hydrogen-bond acceptors (Lipinski definition) is 0. The van der Waals surface area contributed by atoms with Crippen LogP contribution < -0.4 is 0 Å². The van der Waals surface area contributed by atoms with E-state index in [9.17, 15) is 0 Å². The molecule has 1 unspecified atom stereocenters. The molecule has 0 aliphatic heterocycles. The summed E-state index contributed by atoms with van der Waals surface area (Å²) < 4.78 is 0. The molecule has 0 aliphatic carbocycles. The lowest BCUT2D eigenvalue weighted by molar-refractivity contribution is 0.865. The number of alkyl halides is 1. The minimum absolute atomic E-state index is 0.221. The topological polar surface area (TPSA) is 0 Å². The van der Waals surface area contributed by atoms with Gasteiger partial charge in [0.05, 0.1) is 13.1 Å². The van der Waals surface area contributed by atoms with Crippen LogP contribution in [0.3, 0.4) is 0 Å². The third-order valence-electron chi connectivity index (χ3n) is 2.66. The number of hydrogen-bond donors (Lipinski definition) is 0. The molecule has 0 bridgehead atoms. The molecule has 84 valence electrons. The van der Waals surface area contributed by atoms with Gasteiger partial charge in [0.2, 0.25) is 0 Å². The van der Waals surface area contributed by atoms with Crippen LogP contribution in [0.5, 0.6) is 0 Å². The van der Waals surface area contributed by atoms with E-state index in [1.54, 1.807) is 0 Å². The molecule has 0 fully saturated rings. The van der Waals surface area contributed by atoms with E-state index < -0.39 is 8.07 Å². The molecule has 2 heteroatoms. The molecular weight excluding hydrogens is 220 g/mol. The van der Waals surface area contributed by atoms with Crippen molar-refractivity contribution in [1.82, 2.24) is 0 Å². The zero-order valence-electron chi connectivity index (χ0n) is 10.3. The monoisotopic (exact) mass is 240 g/mol. The first kappa shape index (κ1) is 12.8. The zero-order chi connectivity index (χ0) is 11.6. The van der Waals surface area contributed by atoms with E-state index in [0.29, 0.717) is 5.92 Å². The van der Waals surface area contributed by atoms with E-state index in [-0.39, 0.29) is 5.00 Å². The van der Waals surface area contributed by atoms with Gasteiger partial charge in [0, 0.05) is 0 Å². The second-order valence-electron chi connectivity index (χ2n) is 5.55. The lowest BCUT2D eigenvalue weighted by atomic mass is 10.0. The summed E-state index contributed by atoms with van der Waals surface area (Å²) in [4.78, 5) is 0. The Morgan fingerprint density at radius 2 is 1.33 bits per heavy atom. The van der Waals surface area contributed by atoms with Crippen molar-refractivity contribution >= 4 is 19.7 Å². The van der Waals surface area contributed by atoms with E-state index in [1.165, 1.54) is 11.1 Å². The van der Waals surface area contributed by atoms with Crippen molar-refractivity contribution in [2.75, 3.05) is 0 Å². The number of benzene rings is 1. The molecule has 15 heavy (non-hydrogen) atoms. The standard InChI is InChI=1S/C13H21ClSi/c1-10(2)11-6-8-12(9-7-11)13(14)15(3,4)5/h6-10,13H,1-5H3. The molecule has 0 aliphatic rings. The summed E-state index contributed by atoms with van der Waals surface area (Å²) in [5.74, 6) is 0.597. The minimum Gasteiger partial charge on any atom is -0.122 e. The molecule has 0 nitrogen and oxygen atoms in total. The maximum absolute atomic E-state index is 6.48. The summed E-state index contributed by atoms with van der Waals surface area (Å²) >= 11 is 6.48. The van der Waals surface area contributed by atoms with E-state index in [1.807, 2.05) is 0 Å². The summed E-state index contributed by atoms with van der Waals surface area (Å²) in [6, 6.07) is 8.78. The molecule has 1 aromatic carbocycles. The molecule has 0 saturated heterocycles. The first-order chi connectivity index (χ1) is 6.82. The van der Waals surface area contributed by atoms with E-state index in [2.05, 4.69) is 57.8 Å². The largest absolute Gasteiger partial charge is 0.122 e. The Morgan fingerprint density at radius 1 is 0.933 bits per heavy atom. The molecule has 0 N–H and O–H groups in total. The highest BCUT2D eigenvalue weighted by Gasteiger charge is 2.25. The lowest BCUT2D eigenvalue weighted by Crippen LogP contribution is -2.27. The second-order valence-corrected chi connectivity index (χ2v) is 11.7. The maximum atomic E-state index is 6.48. The van der Waals surface area contributed by atoms with Crippen LogP contribution in [0.2, 0.25) is 19.6 Å². The Balaban J connectivity index is 2.89. The minimum atomic E-state index is -1.28. The number of halogens is 1. The lowest BCUT2D eigenvalue weighted by Gasteiger charge is -2.23. The molecule has 0 saturated carbocycles. The van der Waals surface area contributed by atoms with E-state index >= 15 is 0 Å². The van der Waals surface area contributed by atoms with E-state index in [4.69, 9.17) is 11.6 Å². The van der Waals surface area contributed by atoms with Crippen molar-refractivity contribution in [2.45, 2.75) is 44.4 Å². The van der Waals surface area contributed by atoms with Crippen LogP contribution >= 0.6 is 11.6 Å². The first-order valence-corrected chi connectivity index (χ1v) is 9.57. The molecule has 0 spiro atoms. The van der Waals surface area contributed by atoms with Crippen LogP contribution in [-0.2, 0) is 0 Å². The molecule has 0 amide bonds. The third kappa shape index (κ3) is 3.35. The Labute approximate surface area is 99.7 Å². The molecule has 1 aromatic rings. The Bertz CT molecular complexity index is 308. The Hall–Kier alpha value is -0.273. The van der Waals surface area contributed by atoms with Gasteiger partial charge in [0.1, 0.15) is 0 Å². The fourth-order valence-corrected chi connectivity index (χ4v) is 2.89. The van der Waals surface area contributed by atoms with Crippen molar-refractivity contribution < 1.29 is 0 Å². The average molecular weight is 241 g/mol. The van der Waals surface area contributed by atoms with Gasteiger partial charge in [-0.2, -0.15) is 0 Å². The predicted octanol–water partition coefficient (Wildman–Crippen LogP) is 4.97. The molecular formula is C13H21ClSi. The Morgan fingerprint density at radius 3 is 1.67 bits per heavy atom. The molecule has 0 aromatic heterocycles. The van der Waals surface area contributed by atoms with E-state index in [0.717, 1.165) is 0 Å². The highest BCUT2D eigenvalue weighted by Crippen LogP contribution is 2.31. The summed E-state index contributed by atoms with van der Waals surface area (Å²) in [5, 5.41) is 0.221. The summed E-state index contributed by atoms with van der Waals surface area (Å²) in [7, 11) is -1.28. The van der Waals surface area contributed by atoms with Crippen LogP contribution in [0.25, 0.3) is 0 Å². The van der Waals surface area contributed by atoms with Gasteiger partial charge in [-0.25, -0.2) is 0 Å². The number of rotatable bonds is 3. The normalized spacial score (nSPS) is 14.3. The fourth-order valence-electron chi connectivity index (χ4n) is 1.55. The zero-order valence-corrected chi connectivity index (χ0v) is 12.1. The fraction of sp³-hybridized carbons (Fsp3) is 0.538. The van der Waals surface area contributed by atoms with Gasteiger partial charge in [-0.15, -0.1) is 11.6 Å². The van der Waals surface area contributed by atoms with Crippen molar-refractivity contribution in [3.8, 4) is 0 Å². The summed E-state index contributed by atoms with van der Waals surface area (Å²) in [5.41, 5.74) is 2.67. The third-order valence-corrected chi connectivity index (χ3v) is 6.73. The van der Waals surface area contributed by atoms with Gasteiger partial charge in [-0.1, -0.05) is 57.8 Å². The SMILES string of the molecule is CC(C)c1ccc(C(Cl)[Si](C)(C)C)cc1. The van der Waals surface area contributed by atoms with Crippen LogP contribution in [0.15, 0.2) is 24.3 Å². The molecule has 1 atom stereocenters. The molecule has 1 rings (SSSR count). The van der Waals surface area contributed by atoms with Gasteiger partial charge in [0.25, 0.3) is 0 Å². The summed E-state index contributed by atoms with van der Waals surface area (Å²) in [6.07, 6.45) is 0. The first-order valence-electron chi connectivity index (χ1n) is 5.56.